The van der Waals surface area contributed by atoms with Gasteiger partial charge in [0, 0.05) is 74.9 Å². The van der Waals surface area contributed by atoms with E-state index in [9.17, 15) is 33.2 Å². The van der Waals surface area contributed by atoms with Crippen molar-refractivity contribution in [3.63, 3.8) is 0 Å². The van der Waals surface area contributed by atoms with Crippen molar-refractivity contribution in [2.24, 2.45) is 5.92 Å². The Morgan fingerprint density at radius 1 is 0.820 bits per heavy atom. The third-order valence-corrected chi connectivity index (χ3v) is 14.9. The Morgan fingerprint density at radius 2 is 1.56 bits per heavy atom. The molecule has 5 amide bonds. The van der Waals surface area contributed by atoms with Crippen molar-refractivity contribution in [3.8, 4) is 0 Å². The van der Waals surface area contributed by atoms with Gasteiger partial charge < -0.3 is 20.1 Å². The third-order valence-electron chi connectivity index (χ3n) is 13.5. The fourth-order valence-electron chi connectivity index (χ4n) is 10.0. The molecule has 3 N–H and O–H groups in total. The third kappa shape index (κ3) is 9.05. The standard InChI is InChI=1S/C44H54FN9O6S/c45-34-21-29(46-28-3-1-2-4-28)22-35-40(34)42(58)48-37(47-35)26-61-31-11-13-50(14-12-31)25-39(56)53-15-9-27(10-16-53)24-51-17-19-52(20-18-51)30-5-6-32-33(23-30)44(60)54(43(32)59)36-7-8-38(55)49-41(36)57/h5-6,21-23,27-28,31,36,46H,1-4,7-20,24-26H2,(H,47,48,58)(H,49,55,57). The lowest BCUT2D eigenvalue weighted by Crippen LogP contribution is -2.54. The highest BCUT2D eigenvalue weighted by atomic mass is 32.2. The molecule has 15 nitrogen and oxygen atoms in total. The Balaban J connectivity index is 0.682. The lowest BCUT2D eigenvalue weighted by molar-refractivity contribution is -0.136. The lowest BCUT2D eigenvalue weighted by atomic mass is 9.95. The summed E-state index contributed by atoms with van der Waals surface area (Å²) in [6, 6.07) is 7.84. The number of aromatic nitrogens is 2. The van der Waals surface area contributed by atoms with E-state index in [1.807, 2.05) is 11.0 Å². The molecule has 1 atom stereocenters. The molecule has 4 saturated heterocycles. The van der Waals surface area contributed by atoms with Crippen LogP contribution in [0, 0.1) is 11.7 Å². The number of thioether (sulfide) groups is 1. The van der Waals surface area contributed by atoms with Gasteiger partial charge in [0.2, 0.25) is 17.7 Å². The Kier molecular flexibility index (Phi) is 12.1. The van der Waals surface area contributed by atoms with Crippen LogP contribution >= 0.6 is 11.8 Å². The van der Waals surface area contributed by atoms with Gasteiger partial charge in [0.25, 0.3) is 17.4 Å². The van der Waals surface area contributed by atoms with Gasteiger partial charge >= 0.3 is 0 Å². The van der Waals surface area contributed by atoms with Crippen LogP contribution in [0.25, 0.3) is 10.9 Å². The van der Waals surface area contributed by atoms with Crippen molar-refractivity contribution in [1.82, 2.24) is 34.9 Å². The molecule has 324 valence electrons. The molecule has 2 aromatic carbocycles. The molecule has 1 unspecified atom stereocenters. The number of fused-ring (bicyclic) bond motifs is 2. The second-order valence-electron chi connectivity index (χ2n) is 17.6. The number of amides is 5. The van der Waals surface area contributed by atoms with Crippen LogP contribution in [0.3, 0.4) is 0 Å². The molecule has 5 aliphatic heterocycles. The average Bonchev–Trinajstić information content (AvgIpc) is 3.85. The van der Waals surface area contributed by atoms with Gasteiger partial charge in [-0.25, -0.2) is 9.37 Å². The van der Waals surface area contributed by atoms with E-state index in [-0.39, 0.29) is 29.7 Å². The lowest BCUT2D eigenvalue weighted by Gasteiger charge is -2.40. The van der Waals surface area contributed by atoms with Gasteiger partial charge in [0.05, 0.1) is 28.9 Å². The summed E-state index contributed by atoms with van der Waals surface area (Å²) in [6.45, 7) is 7.95. The average molecular weight is 856 g/mol. The van der Waals surface area contributed by atoms with Crippen LogP contribution in [-0.2, 0) is 20.1 Å². The first-order chi connectivity index (χ1) is 29.6. The topological polar surface area (TPSA) is 171 Å². The van der Waals surface area contributed by atoms with Crippen molar-refractivity contribution >= 4 is 63.6 Å². The smallest absolute Gasteiger partial charge is 0.262 e. The highest BCUT2D eigenvalue weighted by Crippen LogP contribution is 2.32. The zero-order chi connectivity index (χ0) is 42.2. The second-order valence-corrected chi connectivity index (χ2v) is 18.9. The van der Waals surface area contributed by atoms with E-state index in [4.69, 9.17) is 0 Å². The van der Waals surface area contributed by atoms with Gasteiger partial charge in [-0.2, -0.15) is 11.8 Å². The Hall–Kier alpha value is -4.87. The highest BCUT2D eigenvalue weighted by molar-refractivity contribution is 7.99. The Labute approximate surface area is 358 Å². The first-order valence-electron chi connectivity index (χ1n) is 22.0. The fraction of sp³-hybridized carbons (Fsp3) is 0.568. The molecule has 5 fully saturated rings. The molecule has 6 heterocycles. The highest BCUT2D eigenvalue weighted by Gasteiger charge is 2.45. The van der Waals surface area contributed by atoms with Crippen LogP contribution in [0.1, 0.15) is 90.7 Å². The predicted octanol–water partition coefficient (Wildman–Crippen LogP) is 3.58. The first kappa shape index (κ1) is 41.5. The number of hydrogen-bond acceptors (Lipinski definition) is 12. The van der Waals surface area contributed by atoms with E-state index in [0.29, 0.717) is 52.1 Å². The number of anilines is 2. The Bertz CT molecular complexity index is 2260. The summed E-state index contributed by atoms with van der Waals surface area (Å²) in [5, 5.41) is 6.04. The summed E-state index contributed by atoms with van der Waals surface area (Å²) in [4.78, 5) is 94.1. The zero-order valence-corrected chi connectivity index (χ0v) is 35.3. The van der Waals surface area contributed by atoms with E-state index in [1.165, 1.54) is 18.9 Å². The van der Waals surface area contributed by atoms with Crippen molar-refractivity contribution in [3.05, 3.63) is 63.5 Å². The summed E-state index contributed by atoms with van der Waals surface area (Å²) in [5.41, 5.74) is 2.06. The fourth-order valence-corrected chi connectivity index (χ4v) is 11.1. The molecule has 1 aliphatic carbocycles. The van der Waals surface area contributed by atoms with Crippen LogP contribution in [0.5, 0.6) is 0 Å². The Morgan fingerprint density at radius 3 is 2.30 bits per heavy atom. The number of nitrogens with one attached hydrogen (secondary N) is 3. The number of carbonyl (C=O) groups excluding carboxylic acids is 5. The summed E-state index contributed by atoms with van der Waals surface area (Å²) in [7, 11) is 0. The number of H-pyrrole nitrogens is 1. The van der Waals surface area contributed by atoms with E-state index >= 15 is 0 Å². The van der Waals surface area contributed by atoms with Crippen molar-refractivity contribution in [2.75, 3.05) is 75.7 Å². The number of piperazine rings is 1. The molecule has 0 radical (unpaired) electrons. The molecule has 61 heavy (non-hydrogen) atoms. The number of halogens is 1. The number of hydrogen-bond donors (Lipinski definition) is 3. The monoisotopic (exact) mass is 855 g/mol. The molecule has 1 aromatic heterocycles. The van der Waals surface area contributed by atoms with Crippen LogP contribution in [0.15, 0.2) is 35.1 Å². The van der Waals surface area contributed by atoms with Crippen LogP contribution < -0.4 is 21.1 Å². The molecule has 0 spiro atoms. The predicted molar refractivity (Wildman–Crippen MR) is 230 cm³/mol. The molecule has 17 heteroatoms. The van der Waals surface area contributed by atoms with E-state index in [1.54, 1.807) is 30.0 Å². The van der Waals surface area contributed by atoms with E-state index in [2.05, 4.69) is 35.3 Å². The zero-order valence-electron chi connectivity index (χ0n) is 34.5. The van der Waals surface area contributed by atoms with Crippen molar-refractivity contribution in [1.29, 1.82) is 0 Å². The van der Waals surface area contributed by atoms with Gasteiger partial charge in [0.1, 0.15) is 23.1 Å². The molecule has 6 aliphatic rings. The van der Waals surface area contributed by atoms with Crippen LogP contribution in [-0.4, -0.2) is 142 Å². The van der Waals surface area contributed by atoms with Crippen molar-refractivity contribution in [2.45, 2.75) is 87.3 Å². The SMILES string of the molecule is O=C1CCC(N2C(=O)c3ccc(N4CCN(CC5CCN(C(=O)CN6CCC(SCc7nc8cc(NC9CCCC9)cc(F)c8c(=O)[nH]7)CC6)CC5)CC4)cc3C2=O)C(=O)N1. The minimum Gasteiger partial charge on any atom is -0.382 e. The number of rotatable bonds is 11. The molecule has 3 aromatic rings. The van der Waals surface area contributed by atoms with E-state index < -0.39 is 41.0 Å². The molecule has 1 saturated carbocycles. The maximum atomic E-state index is 14.9. The van der Waals surface area contributed by atoms with Gasteiger partial charge in [-0.15, -0.1) is 0 Å². The normalized spacial score (nSPS) is 22.7. The second kappa shape index (κ2) is 17.8. The molecular formula is C44H54FN9O6S. The summed E-state index contributed by atoms with van der Waals surface area (Å²) in [6.07, 6.45) is 8.53. The number of carbonyl (C=O) groups is 5. The summed E-state index contributed by atoms with van der Waals surface area (Å²) < 4.78 is 14.9. The summed E-state index contributed by atoms with van der Waals surface area (Å²) in [5.74, 6) is -0.745. The number of imide groups is 2. The minimum atomic E-state index is -0.980. The maximum Gasteiger partial charge on any atom is 0.262 e. The first-order valence-corrected chi connectivity index (χ1v) is 23.0. The summed E-state index contributed by atoms with van der Waals surface area (Å²) >= 11 is 1.76. The number of piperidine rings is 3. The number of benzene rings is 2. The van der Waals surface area contributed by atoms with E-state index in [0.717, 1.165) is 108 Å². The minimum absolute atomic E-state index is 0.00165. The number of aromatic amines is 1. The van der Waals surface area contributed by atoms with Crippen LogP contribution in [0.2, 0.25) is 0 Å². The molecular weight excluding hydrogens is 802 g/mol. The maximum absolute atomic E-state index is 14.9. The number of likely N-dealkylation sites (tertiary alicyclic amines) is 2. The quantitative estimate of drug-likeness (QED) is 0.240. The molecule has 9 rings (SSSR count). The van der Waals surface area contributed by atoms with Crippen molar-refractivity contribution < 1.29 is 28.4 Å². The largest absolute Gasteiger partial charge is 0.382 e. The van der Waals surface area contributed by atoms with Gasteiger partial charge in [-0.1, -0.05) is 12.8 Å². The van der Waals surface area contributed by atoms with Gasteiger partial charge in [0.15, 0.2) is 0 Å². The van der Waals surface area contributed by atoms with Gasteiger partial charge in [-0.3, -0.25) is 48.8 Å². The van der Waals surface area contributed by atoms with Gasteiger partial charge in [-0.05, 0) is 94.3 Å². The molecule has 0 bridgehead atoms. The van der Waals surface area contributed by atoms with Crippen LogP contribution in [0.4, 0.5) is 15.8 Å². The number of nitrogens with zero attached hydrogens (tertiary/aromatic N) is 6.